The number of hydrogen-bond donors (Lipinski definition) is 0. The summed E-state index contributed by atoms with van der Waals surface area (Å²) in [5, 5.41) is 0.461. The van der Waals surface area contributed by atoms with E-state index < -0.39 is 12.1 Å². The number of nitrogens with zero attached hydrogens (tertiary/aromatic N) is 1. The van der Waals surface area contributed by atoms with E-state index in [1.807, 2.05) is 13.0 Å². The maximum Gasteiger partial charge on any atom is 0.347 e. The van der Waals surface area contributed by atoms with Crippen LogP contribution in [-0.2, 0) is 16.0 Å². The zero-order chi connectivity index (χ0) is 20.1. The highest BCUT2D eigenvalue weighted by Gasteiger charge is 2.19. The number of aromatic nitrogens is 1. The van der Waals surface area contributed by atoms with Crippen LogP contribution in [0.1, 0.15) is 32.8 Å². The van der Waals surface area contributed by atoms with Crippen molar-refractivity contribution < 1.29 is 18.7 Å². The van der Waals surface area contributed by atoms with Gasteiger partial charge in [-0.2, -0.15) is 0 Å². The molecule has 3 rings (SSSR count). The summed E-state index contributed by atoms with van der Waals surface area (Å²) >= 11 is 0. The Balaban J connectivity index is 2.06. The van der Waals surface area contributed by atoms with Crippen LogP contribution in [0.25, 0.3) is 22.2 Å². The van der Waals surface area contributed by atoms with Gasteiger partial charge >= 0.3 is 5.97 Å². The molecule has 1 aromatic carbocycles. The van der Waals surface area contributed by atoms with Gasteiger partial charge in [-0.25, -0.2) is 4.79 Å². The summed E-state index contributed by atoms with van der Waals surface area (Å²) in [5.74, 6) is 0.0839. The maximum absolute atomic E-state index is 13.0. The van der Waals surface area contributed by atoms with Gasteiger partial charge in [0.05, 0.1) is 23.3 Å². The van der Waals surface area contributed by atoms with Crippen LogP contribution in [0.5, 0.6) is 5.75 Å². The molecular weight excluding hydrogens is 358 g/mol. The Morgan fingerprint density at radius 3 is 2.75 bits per heavy atom. The van der Waals surface area contributed by atoms with Gasteiger partial charge < -0.3 is 13.9 Å². The Morgan fingerprint density at radius 2 is 2.07 bits per heavy atom. The molecule has 2 heterocycles. The summed E-state index contributed by atoms with van der Waals surface area (Å²) < 4.78 is 16.5. The third kappa shape index (κ3) is 4.06. The highest BCUT2D eigenvalue weighted by Crippen LogP contribution is 2.28. The number of carbonyl (C=O) groups excluding carboxylic acids is 1. The summed E-state index contributed by atoms with van der Waals surface area (Å²) in [6.45, 7) is 5.71. The molecule has 6 nitrogen and oxygen atoms in total. The number of aryl methyl sites for hydroxylation is 1. The van der Waals surface area contributed by atoms with Crippen molar-refractivity contribution in [2.24, 2.45) is 0 Å². The normalized spacial score (nSPS) is 12.0. The minimum absolute atomic E-state index is 0.151. The van der Waals surface area contributed by atoms with Gasteiger partial charge in [0.25, 0.3) is 0 Å². The zero-order valence-electron chi connectivity index (χ0n) is 16.2. The number of carbonyl (C=O) groups is 1. The summed E-state index contributed by atoms with van der Waals surface area (Å²) in [4.78, 5) is 29.1. The van der Waals surface area contributed by atoms with Crippen molar-refractivity contribution in [1.82, 2.24) is 4.98 Å². The monoisotopic (exact) mass is 381 g/mol. The molecule has 0 unspecified atom stereocenters. The molecule has 0 aliphatic carbocycles. The number of hydrogen-bond acceptors (Lipinski definition) is 6. The van der Waals surface area contributed by atoms with E-state index in [2.05, 4.69) is 4.98 Å². The van der Waals surface area contributed by atoms with Crippen LogP contribution in [0.4, 0.5) is 0 Å². The molecule has 28 heavy (non-hydrogen) atoms. The summed E-state index contributed by atoms with van der Waals surface area (Å²) in [7, 11) is 0. The van der Waals surface area contributed by atoms with E-state index in [0.29, 0.717) is 34.4 Å². The second-order valence-corrected chi connectivity index (χ2v) is 6.41. The lowest BCUT2D eigenvalue weighted by molar-refractivity contribution is -0.150. The topological polar surface area (TPSA) is 78.6 Å². The molecule has 0 aliphatic rings. The molecule has 0 N–H and O–H groups in total. The van der Waals surface area contributed by atoms with E-state index in [-0.39, 0.29) is 12.0 Å². The molecule has 2 aromatic heterocycles. The van der Waals surface area contributed by atoms with E-state index in [9.17, 15) is 9.59 Å². The Kier molecular flexibility index (Phi) is 6.09. The van der Waals surface area contributed by atoms with Crippen molar-refractivity contribution >= 4 is 16.9 Å². The Hall–Kier alpha value is -3.15. The van der Waals surface area contributed by atoms with Gasteiger partial charge in [-0.1, -0.05) is 19.4 Å². The third-order valence-electron chi connectivity index (χ3n) is 4.34. The first-order chi connectivity index (χ1) is 13.5. The van der Waals surface area contributed by atoms with Gasteiger partial charge in [0.1, 0.15) is 17.6 Å². The highest BCUT2D eigenvalue weighted by atomic mass is 16.6. The second-order valence-electron chi connectivity index (χ2n) is 6.41. The van der Waals surface area contributed by atoms with Crippen molar-refractivity contribution in [2.45, 2.75) is 39.7 Å². The van der Waals surface area contributed by atoms with Crippen molar-refractivity contribution in [3.63, 3.8) is 0 Å². The predicted octanol–water partition coefficient (Wildman–Crippen LogP) is 4.14. The molecule has 0 saturated heterocycles. The molecule has 0 bridgehead atoms. The first-order valence-electron chi connectivity index (χ1n) is 9.38. The van der Waals surface area contributed by atoms with E-state index in [1.54, 1.807) is 44.3 Å². The van der Waals surface area contributed by atoms with Gasteiger partial charge in [-0.15, -0.1) is 0 Å². The van der Waals surface area contributed by atoms with Gasteiger partial charge in [-0.05, 0) is 44.0 Å². The smallest absolute Gasteiger partial charge is 0.347 e. The minimum Gasteiger partial charge on any atom is -0.479 e. The van der Waals surface area contributed by atoms with Crippen LogP contribution < -0.4 is 10.2 Å². The highest BCUT2D eigenvalue weighted by molar-refractivity contribution is 5.83. The molecule has 146 valence electrons. The molecule has 0 amide bonds. The SMILES string of the molecule is CCCc1cc2c(=O)c(-c3ccccn3)coc2cc1O[C@H](C)C(=O)OCC. The molecule has 0 saturated carbocycles. The van der Waals surface area contributed by atoms with E-state index in [0.717, 1.165) is 12.0 Å². The molecule has 0 spiro atoms. The Bertz CT molecular complexity index is 1030. The van der Waals surface area contributed by atoms with Crippen molar-refractivity contribution in [3.05, 3.63) is 58.6 Å². The van der Waals surface area contributed by atoms with Crippen LogP contribution in [0.2, 0.25) is 0 Å². The van der Waals surface area contributed by atoms with E-state index in [4.69, 9.17) is 13.9 Å². The van der Waals surface area contributed by atoms with Gasteiger partial charge in [0, 0.05) is 12.3 Å². The molecule has 0 aliphatic heterocycles. The lowest BCUT2D eigenvalue weighted by Crippen LogP contribution is -2.26. The number of fused-ring (bicyclic) bond motifs is 1. The average Bonchev–Trinajstić information content (AvgIpc) is 2.70. The van der Waals surface area contributed by atoms with E-state index >= 15 is 0 Å². The van der Waals surface area contributed by atoms with Crippen LogP contribution in [-0.4, -0.2) is 23.7 Å². The predicted molar refractivity (Wildman–Crippen MR) is 106 cm³/mol. The van der Waals surface area contributed by atoms with Gasteiger partial charge in [-0.3, -0.25) is 9.78 Å². The Labute approximate surface area is 163 Å². The molecule has 0 fully saturated rings. The number of benzene rings is 1. The molecular formula is C22H23NO5. The molecule has 0 radical (unpaired) electrons. The second kappa shape index (κ2) is 8.69. The third-order valence-corrected chi connectivity index (χ3v) is 4.34. The fraction of sp³-hybridized carbons (Fsp3) is 0.318. The van der Waals surface area contributed by atoms with Gasteiger partial charge in [0.15, 0.2) is 6.10 Å². The lowest BCUT2D eigenvalue weighted by Gasteiger charge is -2.17. The quantitative estimate of drug-likeness (QED) is 0.573. The minimum atomic E-state index is -0.757. The van der Waals surface area contributed by atoms with Crippen molar-refractivity contribution in [3.8, 4) is 17.0 Å². The van der Waals surface area contributed by atoms with Crippen molar-refractivity contribution in [2.75, 3.05) is 6.61 Å². The van der Waals surface area contributed by atoms with Crippen LogP contribution in [0, 0.1) is 0 Å². The summed E-state index contributed by atoms with van der Waals surface area (Å²) in [6, 6.07) is 8.83. The van der Waals surface area contributed by atoms with Crippen LogP contribution in [0.3, 0.4) is 0 Å². The lowest BCUT2D eigenvalue weighted by atomic mass is 10.0. The van der Waals surface area contributed by atoms with Crippen LogP contribution in [0.15, 0.2) is 52.0 Å². The van der Waals surface area contributed by atoms with Crippen LogP contribution >= 0.6 is 0 Å². The fourth-order valence-corrected chi connectivity index (χ4v) is 2.97. The summed E-state index contributed by atoms with van der Waals surface area (Å²) in [6.07, 6.45) is 3.85. The fourth-order valence-electron chi connectivity index (χ4n) is 2.97. The zero-order valence-corrected chi connectivity index (χ0v) is 16.2. The number of pyridine rings is 1. The largest absolute Gasteiger partial charge is 0.479 e. The maximum atomic E-state index is 13.0. The molecule has 6 heteroatoms. The number of rotatable bonds is 7. The van der Waals surface area contributed by atoms with Crippen molar-refractivity contribution in [1.29, 1.82) is 0 Å². The average molecular weight is 381 g/mol. The summed E-state index contributed by atoms with van der Waals surface area (Å²) in [5.41, 5.74) is 2.06. The molecule has 1 atom stereocenters. The Morgan fingerprint density at radius 1 is 1.25 bits per heavy atom. The first kappa shape index (κ1) is 19.6. The number of esters is 1. The standard InChI is InChI=1S/C22H23NO5/c1-4-8-15-11-16-20(12-19(15)28-14(3)22(25)26-5-2)27-13-17(21(16)24)18-9-6-7-10-23-18/h6-7,9-14H,4-5,8H2,1-3H3/t14-/m1/s1. The first-order valence-corrected chi connectivity index (χ1v) is 9.38. The van der Waals surface area contributed by atoms with E-state index in [1.165, 1.54) is 6.26 Å². The van der Waals surface area contributed by atoms with Gasteiger partial charge in [0.2, 0.25) is 5.43 Å². The number of ether oxygens (including phenoxy) is 2. The molecule has 3 aromatic rings.